The van der Waals surface area contributed by atoms with Crippen molar-refractivity contribution in [1.82, 2.24) is 5.32 Å². The van der Waals surface area contributed by atoms with Crippen LogP contribution >= 0.6 is 15.9 Å². The van der Waals surface area contributed by atoms with Crippen LogP contribution in [0, 0.1) is 6.92 Å². The molecule has 0 aliphatic carbocycles. The van der Waals surface area contributed by atoms with Gasteiger partial charge in [0.1, 0.15) is 5.60 Å². The molecule has 5 heteroatoms. The summed E-state index contributed by atoms with van der Waals surface area (Å²) in [5.74, 6) is -0.148. The number of amides is 1. The Bertz CT molecular complexity index is 492. The highest BCUT2D eigenvalue weighted by Gasteiger charge is 2.17. The second kappa shape index (κ2) is 6.19. The Balaban J connectivity index is 2.61. The minimum Gasteiger partial charge on any atom is -0.444 e. The minimum absolute atomic E-state index is 0.0772. The van der Waals surface area contributed by atoms with Gasteiger partial charge in [-0.05, 0) is 45.4 Å². The molecule has 1 aromatic rings. The third kappa shape index (κ3) is 5.42. The number of carbonyl (C=O) groups is 2. The largest absolute Gasteiger partial charge is 0.444 e. The quantitative estimate of drug-likeness (QED) is 0.865. The van der Waals surface area contributed by atoms with Gasteiger partial charge in [0.2, 0.25) is 0 Å². The van der Waals surface area contributed by atoms with Crippen LogP contribution in [0.4, 0.5) is 4.79 Å². The maximum absolute atomic E-state index is 12.0. The van der Waals surface area contributed by atoms with Gasteiger partial charge in [-0.1, -0.05) is 22.0 Å². The first-order valence-corrected chi connectivity index (χ1v) is 6.74. The normalized spacial score (nSPS) is 11.0. The lowest BCUT2D eigenvalue weighted by Gasteiger charge is -2.19. The molecule has 1 rings (SSSR count). The summed E-state index contributed by atoms with van der Waals surface area (Å²) in [7, 11) is 0. The number of carbonyl (C=O) groups excluding carboxylic acids is 2. The summed E-state index contributed by atoms with van der Waals surface area (Å²) in [6.45, 7) is 7.09. The second-order valence-electron chi connectivity index (χ2n) is 5.24. The molecule has 0 fully saturated rings. The van der Waals surface area contributed by atoms with E-state index in [1.807, 2.05) is 19.1 Å². The smallest absolute Gasteiger partial charge is 0.408 e. The van der Waals surface area contributed by atoms with Gasteiger partial charge in [-0.15, -0.1) is 0 Å². The zero-order valence-electron chi connectivity index (χ0n) is 11.5. The molecule has 1 N–H and O–H groups in total. The molecule has 0 heterocycles. The third-order valence-corrected chi connectivity index (χ3v) is 2.79. The Kier molecular flexibility index (Phi) is 5.11. The van der Waals surface area contributed by atoms with Crippen molar-refractivity contribution < 1.29 is 14.3 Å². The zero-order chi connectivity index (χ0) is 14.6. The molecule has 0 atom stereocenters. The van der Waals surface area contributed by atoms with Gasteiger partial charge in [0.25, 0.3) is 0 Å². The molecule has 0 saturated carbocycles. The van der Waals surface area contributed by atoms with Crippen LogP contribution in [-0.4, -0.2) is 24.0 Å². The number of halogens is 1. The fourth-order valence-corrected chi connectivity index (χ4v) is 1.82. The summed E-state index contributed by atoms with van der Waals surface area (Å²) in [4.78, 5) is 23.4. The minimum atomic E-state index is -0.589. The molecule has 19 heavy (non-hydrogen) atoms. The highest BCUT2D eigenvalue weighted by atomic mass is 79.9. The molecule has 0 aliphatic rings. The SMILES string of the molecule is Cc1ccc(Br)cc1C(=O)CNC(=O)OC(C)(C)C. The number of ether oxygens (including phenoxy) is 1. The number of alkyl carbamates (subject to hydrolysis) is 1. The second-order valence-corrected chi connectivity index (χ2v) is 6.15. The zero-order valence-corrected chi connectivity index (χ0v) is 13.1. The predicted molar refractivity (Wildman–Crippen MR) is 77.4 cm³/mol. The molecule has 0 spiro atoms. The van der Waals surface area contributed by atoms with Crippen LogP contribution in [0.3, 0.4) is 0 Å². The van der Waals surface area contributed by atoms with Crippen molar-refractivity contribution in [1.29, 1.82) is 0 Å². The first kappa shape index (κ1) is 15.7. The van der Waals surface area contributed by atoms with Crippen LogP contribution in [0.2, 0.25) is 0 Å². The Morgan fingerprint density at radius 1 is 1.32 bits per heavy atom. The number of nitrogens with one attached hydrogen (secondary N) is 1. The summed E-state index contributed by atoms with van der Waals surface area (Å²) in [6.07, 6.45) is -0.589. The standard InChI is InChI=1S/C14H18BrNO3/c1-9-5-6-10(15)7-11(9)12(17)8-16-13(18)19-14(2,3)4/h5-7H,8H2,1-4H3,(H,16,18). The summed E-state index contributed by atoms with van der Waals surface area (Å²) >= 11 is 3.32. The van der Waals surface area contributed by atoms with Crippen LogP contribution < -0.4 is 5.32 Å². The molecular formula is C14H18BrNO3. The van der Waals surface area contributed by atoms with E-state index in [2.05, 4.69) is 21.2 Å². The molecule has 4 nitrogen and oxygen atoms in total. The molecule has 0 saturated heterocycles. The summed E-state index contributed by atoms with van der Waals surface area (Å²) in [6, 6.07) is 5.46. The topological polar surface area (TPSA) is 55.4 Å². The molecule has 0 radical (unpaired) electrons. The van der Waals surface area contributed by atoms with Gasteiger partial charge in [-0.2, -0.15) is 0 Å². The monoisotopic (exact) mass is 327 g/mol. The Hall–Kier alpha value is -1.36. The van der Waals surface area contributed by atoms with E-state index in [9.17, 15) is 9.59 Å². The van der Waals surface area contributed by atoms with Crippen molar-refractivity contribution >= 4 is 27.8 Å². The van der Waals surface area contributed by atoms with Crippen molar-refractivity contribution in [3.05, 3.63) is 33.8 Å². The van der Waals surface area contributed by atoms with E-state index in [-0.39, 0.29) is 12.3 Å². The van der Waals surface area contributed by atoms with Crippen molar-refractivity contribution in [2.24, 2.45) is 0 Å². The van der Waals surface area contributed by atoms with E-state index in [1.54, 1.807) is 26.8 Å². The first-order chi connectivity index (χ1) is 8.69. The summed E-state index contributed by atoms with van der Waals surface area (Å²) in [5, 5.41) is 2.46. The lowest BCUT2D eigenvalue weighted by Crippen LogP contribution is -2.35. The molecule has 0 aromatic heterocycles. The maximum Gasteiger partial charge on any atom is 0.408 e. The molecule has 0 bridgehead atoms. The maximum atomic E-state index is 12.0. The highest BCUT2D eigenvalue weighted by Crippen LogP contribution is 2.16. The number of rotatable bonds is 3. The average molecular weight is 328 g/mol. The first-order valence-electron chi connectivity index (χ1n) is 5.95. The molecule has 1 amide bonds. The van der Waals surface area contributed by atoms with Crippen LogP contribution in [-0.2, 0) is 4.74 Å². The van der Waals surface area contributed by atoms with E-state index in [4.69, 9.17) is 4.74 Å². The van der Waals surface area contributed by atoms with Crippen molar-refractivity contribution in [2.75, 3.05) is 6.54 Å². The number of hydrogen-bond acceptors (Lipinski definition) is 3. The number of aryl methyl sites for hydroxylation is 1. The molecule has 0 aliphatic heterocycles. The number of benzene rings is 1. The fourth-order valence-electron chi connectivity index (χ4n) is 1.46. The van der Waals surface area contributed by atoms with E-state index in [1.165, 1.54) is 0 Å². The summed E-state index contributed by atoms with van der Waals surface area (Å²) in [5.41, 5.74) is 0.892. The third-order valence-electron chi connectivity index (χ3n) is 2.29. The van der Waals surface area contributed by atoms with Crippen LogP contribution in [0.25, 0.3) is 0 Å². The number of hydrogen-bond donors (Lipinski definition) is 1. The van der Waals surface area contributed by atoms with Gasteiger partial charge < -0.3 is 10.1 Å². The van der Waals surface area contributed by atoms with Crippen LogP contribution in [0.1, 0.15) is 36.7 Å². The van der Waals surface area contributed by atoms with Gasteiger partial charge in [-0.3, -0.25) is 4.79 Å². The van der Waals surface area contributed by atoms with Gasteiger partial charge in [-0.25, -0.2) is 4.79 Å². The van der Waals surface area contributed by atoms with E-state index >= 15 is 0 Å². The van der Waals surface area contributed by atoms with Gasteiger partial charge in [0.15, 0.2) is 5.78 Å². The Labute approximate surface area is 121 Å². The molecular weight excluding hydrogens is 310 g/mol. The molecule has 104 valence electrons. The summed E-state index contributed by atoms with van der Waals surface area (Å²) < 4.78 is 5.90. The number of ketones is 1. The van der Waals surface area contributed by atoms with E-state index in [0.29, 0.717) is 5.56 Å². The fraction of sp³-hybridized carbons (Fsp3) is 0.429. The lowest BCUT2D eigenvalue weighted by molar-refractivity contribution is 0.0520. The van der Waals surface area contributed by atoms with E-state index < -0.39 is 11.7 Å². The Morgan fingerprint density at radius 3 is 2.53 bits per heavy atom. The predicted octanol–water partition coefficient (Wildman–Crippen LogP) is 3.46. The number of Topliss-reactive ketones (excluding diaryl/α,β-unsaturated/α-hetero) is 1. The van der Waals surface area contributed by atoms with E-state index in [0.717, 1.165) is 10.0 Å². The van der Waals surface area contributed by atoms with Crippen molar-refractivity contribution in [2.45, 2.75) is 33.3 Å². The Morgan fingerprint density at radius 2 is 1.95 bits per heavy atom. The highest BCUT2D eigenvalue weighted by molar-refractivity contribution is 9.10. The van der Waals surface area contributed by atoms with Crippen molar-refractivity contribution in [3.63, 3.8) is 0 Å². The van der Waals surface area contributed by atoms with Crippen LogP contribution in [0.15, 0.2) is 22.7 Å². The van der Waals surface area contributed by atoms with Crippen molar-refractivity contribution in [3.8, 4) is 0 Å². The molecule has 0 unspecified atom stereocenters. The van der Waals surface area contributed by atoms with Gasteiger partial charge in [0, 0.05) is 10.0 Å². The van der Waals surface area contributed by atoms with Gasteiger partial charge >= 0.3 is 6.09 Å². The average Bonchev–Trinajstić information content (AvgIpc) is 2.27. The van der Waals surface area contributed by atoms with Crippen LogP contribution in [0.5, 0.6) is 0 Å². The van der Waals surface area contributed by atoms with Gasteiger partial charge in [0.05, 0.1) is 6.54 Å². The lowest BCUT2D eigenvalue weighted by atomic mass is 10.1. The molecule has 1 aromatic carbocycles.